The quantitative estimate of drug-likeness (QED) is 0.607. The van der Waals surface area contributed by atoms with Crippen LogP contribution in [0, 0.1) is 10.1 Å². The predicted molar refractivity (Wildman–Crippen MR) is 57.7 cm³/mol. The monoisotopic (exact) mass is 206 g/mol. The molecule has 0 radical (unpaired) electrons. The fourth-order valence-electron chi connectivity index (χ4n) is 2.27. The zero-order chi connectivity index (χ0) is 10.9. The van der Waals surface area contributed by atoms with Crippen molar-refractivity contribution in [1.29, 1.82) is 0 Å². The third-order valence-electron chi connectivity index (χ3n) is 3.37. The number of rotatable bonds is 3. The van der Waals surface area contributed by atoms with Gasteiger partial charge in [0.15, 0.2) is 0 Å². The molecule has 0 saturated heterocycles. The summed E-state index contributed by atoms with van der Waals surface area (Å²) in [6.07, 6.45) is 3.05. The Kier molecular flexibility index (Phi) is 2.44. The van der Waals surface area contributed by atoms with Crippen LogP contribution in [0.4, 0.5) is 5.69 Å². The minimum atomic E-state index is -0.314. The number of para-hydroxylation sites is 1. The maximum Gasteiger partial charge on any atom is 0.273 e. The van der Waals surface area contributed by atoms with Gasteiger partial charge in [-0.1, -0.05) is 24.6 Å². The standard InChI is InChI=1S/C11H14N2O2/c12-8-11(6-3-7-11)9-4-1-2-5-10(9)13(14)15/h1-2,4-5H,3,6-8,12H2. The summed E-state index contributed by atoms with van der Waals surface area (Å²) in [4.78, 5) is 10.6. The van der Waals surface area contributed by atoms with E-state index in [9.17, 15) is 10.1 Å². The van der Waals surface area contributed by atoms with E-state index in [0.29, 0.717) is 6.54 Å². The summed E-state index contributed by atoms with van der Waals surface area (Å²) in [5.41, 5.74) is 6.63. The summed E-state index contributed by atoms with van der Waals surface area (Å²) < 4.78 is 0. The molecule has 1 aromatic rings. The van der Waals surface area contributed by atoms with Crippen LogP contribution in [0.25, 0.3) is 0 Å². The first-order valence-corrected chi connectivity index (χ1v) is 5.14. The molecule has 0 amide bonds. The van der Waals surface area contributed by atoms with Gasteiger partial charge in [-0.15, -0.1) is 0 Å². The molecule has 1 fully saturated rings. The summed E-state index contributed by atoms with van der Waals surface area (Å²) >= 11 is 0. The lowest BCUT2D eigenvalue weighted by molar-refractivity contribution is -0.386. The second-order valence-electron chi connectivity index (χ2n) is 4.11. The van der Waals surface area contributed by atoms with Crippen LogP contribution in [0.15, 0.2) is 24.3 Å². The van der Waals surface area contributed by atoms with Crippen molar-refractivity contribution in [2.75, 3.05) is 6.54 Å². The van der Waals surface area contributed by atoms with Crippen molar-refractivity contribution < 1.29 is 4.92 Å². The molecule has 0 atom stereocenters. The molecule has 1 aromatic carbocycles. The van der Waals surface area contributed by atoms with E-state index in [1.165, 1.54) is 0 Å². The van der Waals surface area contributed by atoms with E-state index >= 15 is 0 Å². The Hall–Kier alpha value is -1.42. The SMILES string of the molecule is NCC1(c2ccccc2[N+](=O)[O-])CCC1. The van der Waals surface area contributed by atoms with Crippen LogP contribution in [0.2, 0.25) is 0 Å². The summed E-state index contributed by atoms with van der Waals surface area (Å²) in [7, 11) is 0. The van der Waals surface area contributed by atoms with Crippen molar-refractivity contribution in [3.05, 3.63) is 39.9 Å². The van der Waals surface area contributed by atoms with Gasteiger partial charge in [0.1, 0.15) is 0 Å². The molecule has 0 aliphatic heterocycles. The third kappa shape index (κ3) is 1.51. The topological polar surface area (TPSA) is 69.2 Å². The number of hydrogen-bond acceptors (Lipinski definition) is 3. The van der Waals surface area contributed by atoms with E-state index in [0.717, 1.165) is 24.8 Å². The first-order valence-electron chi connectivity index (χ1n) is 5.14. The molecule has 4 nitrogen and oxygen atoms in total. The van der Waals surface area contributed by atoms with E-state index in [1.54, 1.807) is 12.1 Å². The first kappa shape index (κ1) is 10.1. The Morgan fingerprint density at radius 3 is 2.53 bits per heavy atom. The van der Waals surface area contributed by atoms with Gasteiger partial charge >= 0.3 is 0 Å². The largest absolute Gasteiger partial charge is 0.330 e. The van der Waals surface area contributed by atoms with E-state index in [1.807, 2.05) is 12.1 Å². The van der Waals surface area contributed by atoms with Crippen molar-refractivity contribution in [1.82, 2.24) is 0 Å². The molecule has 0 heterocycles. The summed E-state index contributed by atoms with van der Waals surface area (Å²) in [5, 5.41) is 10.9. The number of nitrogens with zero attached hydrogens (tertiary/aromatic N) is 1. The highest BCUT2D eigenvalue weighted by Gasteiger charge is 2.41. The van der Waals surface area contributed by atoms with Crippen molar-refractivity contribution >= 4 is 5.69 Å². The molecular formula is C11H14N2O2. The normalized spacial score (nSPS) is 18.2. The third-order valence-corrected chi connectivity index (χ3v) is 3.37. The molecule has 80 valence electrons. The molecule has 15 heavy (non-hydrogen) atoms. The average Bonchev–Trinajstić information content (AvgIpc) is 2.17. The lowest BCUT2D eigenvalue weighted by Crippen LogP contribution is -2.41. The molecule has 1 saturated carbocycles. The highest BCUT2D eigenvalue weighted by atomic mass is 16.6. The lowest BCUT2D eigenvalue weighted by atomic mass is 9.64. The maximum absolute atomic E-state index is 10.9. The van der Waals surface area contributed by atoms with Crippen LogP contribution in [0.1, 0.15) is 24.8 Å². The van der Waals surface area contributed by atoms with Gasteiger partial charge in [0.2, 0.25) is 0 Å². The van der Waals surface area contributed by atoms with Gasteiger partial charge in [0.05, 0.1) is 4.92 Å². The molecule has 4 heteroatoms. The van der Waals surface area contributed by atoms with E-state index < -0.39 is 0 Å². The minimum absolute atomic E-state index is 0.135. The first-order chi connectivity index (χ1) is 7.19. The van der Waals surface area contributed by atoms with Gasteiger partial charge in [-0.25, -0.2) is 0 Å². The number of nitro benzene ring substituents is 1. The molecule has 1 aliphatic rings. The zero-order valence-corrected chi connectivity index (χ0v) is 8.48. The van der Waals surface area contributed by atoms with Gasteiger partial charge < -0.3 is 5.73 Å². The Labute approximate surface area is 88.2 Å². The van der Waals surface area contributed by atoms with Crippen LogP contribution in [-0.2, 0) is 5.41 Å². The number of nitrogens with two attached hydrogens (primary N) is 1. The van der Waals surface area contributed by atoms with Crippen molar-refractivity contribution in [2.45, 2.75) is 24.7 Å². The predicted octanol–water partition coefficient (Wildman–Crippen LogP) is 1.98. The summed E-state index contributed by atoms with van der Waals surface area (Å²) in [6, 6.07) is 6.94. The van der Waals surface area contributed by atoms with Crippen LogP contribution in [0.5, 0.6) is 0 Å². The number of hydrogen-bond donors (Lipinski definition) is 1. The Bertz CT molecular complexity index is 380. The average molecular weight is 206 g/mol. The van der Waals surface area contributed by atoms with Crippen LogP contribution >= 0.6 is 0 Å². The van der Waals surface area contributed by atoms with Gasteiger partial charge in [0.25, 0.3) is 5.69 Å². The van der Waals surface area contributed by atoms with Crippen LogP contribution in [-0.4, -0.2) is 11.5 Å². The lowest BCUT2D eigenvalue weighted by Gasteiger charge is -2.40. The van der Waals surface area contributed by atoms with E-state index in [-0.39, 0.29) is 16.0 Å². The van der Waals surface area contributed by atoms with Gasteiger partial charge in [-0.2, -0.15) is 0 Å². The molecule has 2 N–H and O–H groups in total. The zero-order valence-electron chi connectivity index (χ0n) is 8.48. The van der Waals surface area contributed by atoms with Gasteiger partial charge in [0, 0.05) is 23.6 Å². The molecule has 0 bridgehead atoms. The van der Waals surface area contributed by atoms with Gasteiger partial charge in [-0.3, -0.25) is 10.1 Å². The highest BCUT2D eigenvalue weighted by molar-refractivity contribution is 5.46. The minimum Gasteiger partial charge on any atom is -0.330 e. The fraction of sp³-hybridized carbons (Fsp3) is 0.455. The maximum atomic E-state index is 10.9. The second-order valence-corrected chi connectivity index (χ2v) is 4.11. The molecule has 2 rings (SSSR count). The molecule has 0 unspecified atom stereocenters. The van der Waals surface area contributed by atoms with Crippen molar-refractivity contribution in [3.8, 4) is 0 Å². The Morgan fingerprint density at radius 2 is 2.07 bits per heavy atom. The molecule has 0 spiro atoms. The highest BCUT2D eigenvalue weighted by Crippen LogP contribution is 2.45. The van der Waals surface area contributed by atoms with E-state index in [4.69, 9.17) is 5.73 Å². The van der Waals surface area contributed by atoms with Gasteiger partial charge in [-0.05, 0) is 12.8 Å². The fourth-order valence-corrected chi connectivity index (χ4v) is 2.27. The van der Waals surface area contributed by atoms with E-state index in [2.05, 4.69) is 0 Å². The second kappa shape index (κ2) is 3.62. The van der Waals surface area contributed by atoms with Crippen molar-refractivity contribution in [3.63, 3.8) is 0 Å². The molecular weight excluding hydrogens is 192 g/mol. The molecule has 0 aromatic heterocycles. The van der Waals surface area contributed by atoms with Crippen LogP contribution in [0.3, 0.4) is 0 Å². The summed E-state index contributed by atoms with van der Waals surface area (Å²) in [5.74, 6) is 0. The number of nitro groups is 1. The van der Waals surface area contributed by atoms with Crippen molar-refractivity contribution in [2.24, 2.45) is 5.73 Å². The number of benzene rings is 1. The Balaban J connectivity index is 2.46. The molecule has 1 aliphatic carbocycles. The van der Waals surface area contributed by atoms with Crippen LogP contribution < -0.4 is 5.73 Å². The summed E-state index contributed by atoms with van der Waals surface area (Å²) in [6.45, 7) is 0.498. The Morgan fingerprint density at radius 1 is 1.40 bits per heavy atom. The smallest absolute Gasteiger partial charge is 0.273 e.